The van der Waals surface area contributed by atoms with Crippen molar-refractivity contribution in [3.63, 3.8) is 0 Å². The van der Waals surface area contributed by atoms with Crippen molar-refractivity contribution in [3.8, 4) is 23.7 Å². The van der Waals surface area contributed by atoms with E-state index in [-0.39, 0.29) is 25.0 Å². The smallest absolute Gasteiger partial charge is 0.264 e. The second kappa shape index (κ2) is 11.2. The molecule has 2 N–H and O–H groups in total. The lowest BCUT2D eigenvalue weighted by molar-refractivity contribution is -0.201. The first-order chi connectivity index (χ1) is 17.6. The summed E-state index contributed by atoms with van der Waals surface area (Å²) in [6, 6.07) is 5.57. The van der Waals surface area contributed by atoms with Crippen LogP contribution in [0.15, 0.2) is 24.4 Å². The number of nitrogens with one attached hydrogen (secondary N) is 1. The highest BCUT2D eigenvalue weighted by molar-refractivity contribution is 7.92. The SMILES string of the molecule is C[C@@](CCn1cc2cc(C#CC#CC3(CO)CCC3)ccc2n1)(C(=O)NOC1CCCCO1)S(C)(=O)=O. The number of aliphatic hydroxyl groups is 1. The number of aromatic nitrogens is 2. The number of rotatable bonds is 8. The van der Waals surface area contributed by atoms with Crippen molar-refractivity contribution in [2.45, 2.75) is 69.5 Å². The Morgan fingerprint density at radius 3 is 2.78 bits per heavy atom. The van der Waals surface area contributed by atoms with Gasteiger partial charge in [0, 0.05) is 43.0 Å². The summed E-state index contributed by atoms with van der Waals surface area (Å²) in [4.78, 5) is 18.2. The molecule has 2 heterocycles. The van der Waals surface area contributed by atoms with Gasteiger partial charge < -0.3 is 9.84 Å². The first kappa shape index (κ1) is 27.2. The quantitative estimate of drug-likeness (QED) is 0.399. The van der Waals surface area contributed by atoms with Crippen molar-refractivity contribution < 1.29 is 27.9 Å². The summed E-state index contributed by atoms with van der Waals surface area (Å²) in [5.41, 5.74) is 3.52. The predicted octanol–water partition coefficient (Wildman–Crippen LogP) is 2.32. The fraction of sp³-hybridized carbons (Fsp3) is 0.556. The van der Waals surface area contributed by atoms with Crippen molar-refractivity contribution in [3.05, 3.63) is 30.0 Å². The third kappa shape index (κ3) is 6.34. The number of ether oxygens (including phenoxy) is 1. The second-order valence-corrected chi connectivity index (χ2v) is 12.5. The summed E-state index contributed by atoms with van der Waals surface area (Å²) in [5.74, 6) is 11.1. The fourth-order valence-electron chi connectivity index (χ4n) is 4.29. The molecule has 9 nitrogen and oxygen atoms in total. The van der Waals surface area contributed by atoms with Crippen LogP contribution in [-0.4, -0.2) is 59.7 Å². The zero-order valence-corrected chi connectivity index (χ0v) is 22.1. The zero-order valence-electron chi connectivity index (χ0n) is 21.2. The standard InChI is InChI=1S/C27H33N3O6S/c1-26(37(2,33)34,25(32)29-36-24-9-4-6-17-35-24)15-16-30-19-22-18-21(10-11-23(22)28-30)8-3-5-12-27(20-31)13-7-14-27/h10-11,18-19,24,31H,4,6-7,9,13-17,20H2,1-2H3,(H,29,32)/t24?,26-/m1/s1. The molecule has 1 aliphatic heterocycles. The Hall–Kier alpha value is -2.89. The van der Waals surface area contributed by atoms with E-state index in [1.807, 2.05) is 18.2 Å². The molecule has 37 heavy (non-hydrogen) atoms. The van der Waals surface area contributed by atoms with Crippen LogP contribution in [0.5, 0.6) is 0 Å². The molecule has 1 saturated heterocycles. The van der Waals surface area contributed by atoms with Crippen LogP contribution in [0.3, 0.4) is 0 Å². The number of amides is 1. The van der Waals surface area contributed by atoms with Crippen LogP contribution in [-0.2, 0) is 30.8 Å². The Morgan fingerprint density at radius 2 is 2.14 bits per heavy atom. The summed E-state index contributed by atoms with van der Waals surface area (Å²) in [5, 5.41) is 14.8. The molecule has 1 aliphatic carbocycles. The molecular weight excluding hydrogens is 494 g/mol. The van der Waals surface area contributed by atoms with Gasteiger partial charge in [0.25, 0.3) is 5.91 Å². The van der Waals surface area contributed by atoms with Crippen molar-refractivity contribution in [2.75, 3.05) is 19.5 Å². The van der Waals surface area contributed by atoms with E-state index < -0.39 is 26.8 Å². The Balaban J connectivity index is 1.42. The van der Waals surface area contributed by atoms with Gasteiger partial charge in [0.1, 0.15) is 0 Å². The van der Waals surface area contributed by atoms with E-state index in [4.69, 9.17) is 9.57 Å². The van der Waals surface area contributed by atoms with Gasteiger partial charge in [-0.15, -0.1) is 0 Å². The highest BCUT2D eigenvalue weighted by Crippen LogP contribution is 2.39. The number of aryl methyl sites for hydroxylation is 1. The lowest BCUT2D eigenvalue weighted by Gasteiger charge is -2.34. The summed E-state index contributed by atoms with van der Waals surface area (Å²) in [6.45, 7) is 2.21. The van der Waals surface area contributed by atoms with Gasteiger partial charge in [-0.25, -0.2) is 18.7 Å². The molecule has 4 rings (SSSR count). The van der Waals surface area contributed by atoms with E-state index in [2.05, 4.69) is 34.3 Å². The van der Waals surface area contributed by atoms with Crippen LogP contribution >= 0.6 is 0 Å². The van der Waals surface area contributed by atoms with Crippen molar-refractivity contribution >= 4 is 26.6 Å². The van der Waals surface area contributed by atoms with Crippen LogP contribution in [0.25, 0.3) is 10.9 Å². The first-order valence-corrected chi connectivity index (χ1v) is 14.4. The van der Waals surface area contributed by atoms with E-state index in [0.717, 1.165) is 54.8 Å². The number of nitrogens with zero attached hydrogens (tertiary/aromatic N) is 2. The van der Waals surface area contributed by atoms with Gasteiger partial charge in [0.15, 0.2) is 20.9 Å². The number of carbonyl (C=O) groups is 1. The molecule has 1 aromatic carbocycles. The first-order valence-electron chi connectivity index (χ1n) is 12.5. The Kier molecular flexibility index (Phi) is 8.25. The average Bonchev–Trinajstić information content (AvgIpc) is 3.27. The zero-order chi connectivity index (χ0) is 26.5. The molecular formula is C27H33N3O6S. The summed E-state index contributed by atoms with van der Waals surface area (Å²) in [7, 11) is -3.77. The van der Waals surface area contributed by atoms with Crippen LogP contribution < -0.4 is 5.48 Å². The Labute approximate surface area is 217 Å². The molecule has 1 saturated carbocycles. The summed E-state index contributed by atoms with van der Waals surface area (Å²) >= 11 is 0. The summed E-state index contributed by atoms with van der Waals surface area (Å²) in [6.07, 6.45) is 7.67. The van der Waals surface area contributed by atoms with Crippen LogP contribution in [0.4, 0.5) is 0 Å². The van der Waals surface area contributed by atoms with E-state index in [1.165, 1.54) is 6.92 Å². The molecule has 2 aliphatic rings. The second-order valence-electron chi connectivity index (χ2n) is 10.1. The normalized spacial score (nSPS) is 20.5. The van der Waals surface area contributed by atoms with Crippen LogP contribution in [0, 0.1) is 29.1 Å². The van der Waals surface area contributed by atoms with Gasteiger partial charge in [-0.1, -0.05) is 18.3 Å². The predicted molar refractivity (Wildman–Crippen MR) is 138 cm³/mol. The maximum Gasteiger partial charge on any atom is 0.264 e. The molecule has 198 valence electrons. The Bertz CT molecular complexity index is 1360. The van der Waals surface area contributed by atoms with E-state index in [9.17, 15) is 18.3 Å². The van der Waals surface area contributed by atoms with Crippen molar-refractivity contribution in [2.24, 2.45) is 5.41 Å². The number of aliphatic hydroxyl groups excluding tert-OH is 1. The van der Waals surface area contributed by atoms with Gasteiger partial charge in [-0.3, -0.25) is 9.48 Å². The molecule has 2 atom stereocenters. The highest BCUT2D eigenvalue weighted by Gasteiger charge is 2.44. The highest BCUT2D eigenvalue weighted by atomic mass is 32.2. The number of hydroxylamine groups is 1. The molecule has 10 heteroatoms. The minimum Gasteiger partial charge on any atom is -0.395 e. The number of benzene rings is 1. The largest absolute Gasteiger partial charge is 0.395 e. The minimum atomic E-state index is -3.77. The van der Waals surface area contributed by atoms with Crippen molar-refractivity contribution in [1.29, 1.82) is 0 Å². The molecule has 1 amide bonds. The maximum absolute atomic E-state index is 12.9. The monoisotopic (exact) mass is 527 g/mol. The van der Waals surface area contributed by atoms with E-state index >= 15 is 0 Å². The fourth-order valence-corrected chi connectivity index (χ4v) is 5.13. The third-order valence-electron chi connectivity index (χ3n) is 7.30. The molecule has 2 aromatic rings. The topological polar surface area (TPSA) is 120 Å². The number of fused-ring (bicyclic) bond motifs is 1. The molecule has 0 bridgehead atoms. The summed E-state index contributed by atoms with van der Waals surface area (Å²) < 4.78 is 30.5. The number of carbonyl (C=O) groups excluding carboxylic acids is 1. The number of hydrogen-bond donors (Lipinski definition) is 2. The number of hydrogen-bond acceptors (Lipinski definition) is 7. The molecule has 0 radical (unpaired) electrons. The van der Waals surface area contributed by atoms with Gasteiger partial charge in [-0.05, 0) is 69.1 Å². The van der Waals surface area contributed by atoms with Gasteiger partial charge in [-0.2, -0.15) is 5.10 Å². The van der Waals surface area contributed by atoms with Crippen LogP contribution in [0.2, 0.25) is 0 Å². The van der Waals surface area contributed by atoms with Gasteiger partial charge >= 0.3 is 0 Å². The maximum atomic E-state index is 12.9. The lowest BCUT2D eigenvalue weighted by atomic mass is 9.70. The number of sulfone groups is 1. The molecule has 1 aromatic heterocycles. The lowest BCUT2D eigenvalue weighted by Crippen LogP contribution is -2.51. The van der Waals surface area contributed by atoms with Crippen molar-refractivity contribution in [1.82, 2.24) is 15.3 Å². The molecule has 0 spiro atoms. The van der Waals surface area contributed by atoms with Gasteiger partial charge in [0.2, 0.25) is 0 Å². The Morgan fingerprint density at radius 1 is 1.32 bits per heavy atom. The van der Waals surface area contributed by atoms with E-state index in [0.29, 0.717) is 13.0 Å². The molecule has 1 unspecified atom stereocenters. The van der Waals surface area contributed by atoms with Crippen LogP contribution in [0.1, 0.15) is 57.4 Å². The average molecular weight is 528 g/mol. The third-order valence-corrected chi connectivity index (χ3v) is 9.33. The van der Waals surface area contributed by atoms with Gasteiger partial charge in [0.05, 0.1) is 17.5 Å². The molecule has 2 fully saturated rings. The minimum absolute atomic E-state index is 0.00932. The van der Waals surface area contributed by atoms with E-state index in [1.54, 1.807) is 10.9 Å².